The van der Waals surface area contributed by atoms with Gasteiger partial charge in [-0.3, -0.25) is 0 Å². The number of hydrogen-bond donors (Lipinski definition) is 1. The van der Waals surface area contributed by atoms with E-state index in [-0.39, 0.29) is 0 Å². The van der Waals surface area contributed by atoms with Crippen LogP contribution in [0.3, 0.4) is 0 Å². The van der Waals surface area contributed by atoms with Gasteiger partial charge >= 0.3 is 0 Å². The van der Waals surface area contributed by atoms with Crippen LogP contribution in [0.25, 0.3) is 11.3 Å². The van der Waals surface area contributed by atoms with Gasteiger partial charge in [0.25, 0.3) is 0 Å². The first-order chi connectivity index (χ1) is 7.90. The summed E-state index contributed by atoms with van der Waals surface area (Å²) in [7, 11) is 0. The van der Waals surface area contributed by atoms with Crippen LogP contribution in [-0.2, 0) is 13.1 Å². The quantitative estimate of drug-likeness (QED) is 0.861. The fourth-order valence-electron chi connectivity index (χ4n) is 2.07. The summed E-state index contributed by atoms with van der Waals surface area (Å²) in [4.78, 5) is 4.68. The summed E-state index contributed by atoms with van der Waals surface area (Å²) in [5.41, 5.74) is 9.20. The van der Waals surface area contributed by atoms with Crippen molar-refractivity contribution in [1.29, 1.82) is 0 Å². The maximum Gasteiger partial charge on any atom is 0.168 e. The van der Waals surface area contributed by atoms with Crippen LogP contribution in [0.15, 0.2) is 35.5 Å². The molecular formula is C12H13N3S. The Hall–Kier alpha value is -1.26. The second-order valence-corrected chi connectivity index (χ2v) is 4.82. The van der Waals surface area contributed by atoms with Gasteiger partial charge in [0.05, 0.1) is 11.4 Å². The van der Waals surface area contributed by atoms with Crippen LogP contribution in [0.5, 0.6) is 0 Å². The number of aromatic nitrogens is 2. The van der Waals surface area contributed by atoms with Crippen molar-refractivity contribution < 1.29 is 0 Å². The summed E-state index contributed by atoms with van der Waals surface area (Å²) in [6, 6.07) is 10.3. The molecule has 1 aromatic carbocycles. The molecule has 2 N–H and O–H groups in total. The zero-order valence-corrected chi connectivity index (χ0v) is 9.70. The normalized spacial score (nSPS) is 14.1. The number of fused-ring (bicyclic) bond motifs is 1. The molecule has 0 atom stereocenters. The van der Waals surface area contributed by atoms with E-state index in [1.807, 2.05) is 30.0 Å². The van der Waals surface area contributed by atoms with Crippen molar-refractivity contribution in [2.75, 3.05) is 5.75 Å². The van der Waals surface area contributed by atoms with Gasteiger partial charge in [-0.15, -0.1) is 0 Å². The van der Waals surface area contributed by atoms with E-state index in [0.717, 1.165) is 34.4 Å². The summed E-state index contributed by atoms with van der Waals surface area (Å²) < 4.78 is 2.24. The van der Waals surface area contributed by atoms with Crippen LogP contribution >= 0.6 is 11.8 Å². The average Bonchev–Trinajstić information content (AvgIpc) is 2.89. The molecule has 3 nitrogen and oxygen atoms in total. The van der Waals surface area contributed by atoms with Crippen molar-refractivity contribution in [1.82, 2.24) is 9.55 Å². The second-order valence-electron chi connectivity index (χ2n) is 3.76. The van der Waals surface area contributed by atoms with E-state index < -0.39 is 0 Å². The van der Waals surface area contributed by atoms with Gasteiger partial charge in [0.2, 0.25) is 0 Å². The molecule has 0 aliphatic carbocycles. The smallest absolute Gasteiger partial charge is 0.168 e. The van der Waals surface area contributed by atoms with Gasteiger partial charge in [0.1, 0.15) is 0 Å². The largest absolute Gasteiger partial charge is 0.325 e. The fraction of sp³-hybridized carbons (Fsp3) is 0.250. The van der Waals surface area contributed by atoms with E-state index in [1.54, 1.807) is 0 Å². The molecule has 0 bridgehead atoms. The molecule has 16 heavy (non-hydrogen) atoms. The predicted octanol–water partition coefficient (Wildman–Crippen LogP) is 2.11. The summed E-state index contributed by atoms with van der Waals surface area (Å²) in [5.74, 6) is 1.12. The van der Waals surface area contributed by atoms with E-state index in [2.05, 4.69) is 21.7 Å². The van der Waals surface area contributed by atoms with E-state index >= 15 is 0 Å². The van der Waals surface area contributed by atoms with Gasteiger partial charge in [-0.25, -0.2) is 4.98 Å². The van der Waals surface area contributed by atoms with Crippen molar-refractivity contribution >= 4 is 11.8 Å². The minimum absolute atomic E-state index is 0.553. The van der Waals surface area contributed by atoms with Crippen molar-refractivity contribution in [2.45, 2.75) is 18.2 Å². The average molecular weight is 231 g/mol. The Morgan fingerprint density at radius 3 is 2.88 bits per heavy atom. The van der Waals surface area contributed by atoms with Gasteiger partial charge in [-0.1, -0.05) is 42.1 Å². The topological polar surface area (TPSA) is 43.8 Å². The first-order valence-corrected chi connectivity index (χ1v) is 6.36. The molecule has 1 aromatic heterocycles. The van der Waals surface area contributed by atoms with E-state index in [1.165, 1.54) is 0 Å². The van der Waals surface area contributed by atoms with E-state index in [9.17, 15) is 0 Å². The highest BCUT2D eigenvalue weighted by Gasteiger charge is 2.21. The van der Waals surface area contributed by atoms with Gasteiger partial charge in [-0.05, 0) is 0 Å². The lowest BCUT2D eigenvalue weighted by Crippen LogP contribution is -2.07. The van der Waals surface area contributed by atoms with Crippen LogP contribution < -0.4 is 5.73 Å². The molecule has 0 radical (unpaired) electrons. The molecule has 82 valence electrons. The number of thioether (sulfide) groups is 1. The van der Waals surface area contributed by atoms with Crippen molar-refractivity contribution in [2.24, 2.45) is 5.73 Å². The van der Waals surface area contributed by atoms with Gasteiger partial charge in [0.15, 0.2) is 5.16 Å². The van der Waals surface area contributed by atoms with E-state index in [4.69, 9.17) is 5.73 Å². The Balaban J connectivity index is 2.15. The standard InChI is InChI=1S/C12H13N3S/c13-8-10-11(9-4-2-1-3-5-9)14-12-15(10)6-7-16-12/h1-5H,6-8,13H2. The molecule has 2 aromatic rings. The Morgan fingerprint density at radius 2 is 2.12 bits per heavy atom. The number of imidazole rings is 1. The summed E-state index contributed by atoms with van der Waals surface area (Å²) in [5, 5.41) is 1.11. The number of rotatable bonds is 2. The van der Waals surface area contributed by atoms with Crippen molar-refractivity contribution in [3.05, 3.63) is 36.0 Å². The lowest BCUT2D eigenvalue weighted by Gasteiger charge is -2.04. The molecule has 0 saturated heterocycles. The number of nitrogens with two attached hydrogens (primary N) is 1. The first kappa shape index (κ1) is 9.93. The number of benzene rings is 1. The molecule has 0 unspecified atom stereocenters. The SMILES string of the molecule is NCc1c(-c2ccccc2)nc2n1CCS2. The van der Waals surface area contributed by atoms with Crippen LogP contribution in [0.4, 0.5) is 0 Å². The lowest BCUT2D eigenvalue weighted by atomic mass is 10.1. The Labute approximate surface area is 98.7 Å². The third-order valence-corrected chi connectivity index (χ3v) is 3.78. The van der Waals surface area contributed by atoms with Crippen LogP contribution in [0, 0.1) is 0 Å². The molecule has 0 amide bonds. The second kappa shape index (κ2) is 3.96. The number of nitrogens with zero attached hydrogens (tertiary/aromatic N) is 2. The van der Waals surface area contributed by atoms with Gasteiger partial charge in [-0.2, -0.15) is 0 Å². The Kier molecular flexibility index (Phi) is 2.46. The minimum Gasteiger partial charge on any atom is -0.325 e. The minimum atomic E-state index is 0.553. The van der Waals surface area contributed by atoms with Crippen molar-refractivity contribution in [3.63, 3.8) is 0 Å². The highest BCUT2D eigenvalue weighted by Crippen LogP contribution is 2.32. The molecule has 2 heterocycles. The molecule has 1 aliphatic rings. The predicted molar refractivity (Wildman–Crippen MR) is 66.3 cm³/mol. The van der Waals surface area contributed by atoms with Crippen LogP contribution in [0.1, 0.15) is 5.69 Å². The van der Waals surface area contributed by atoms with E-state index in [0.29, 0.717) is 6.54 Å². The molecular weight excluding hydrogens is 218 g/mol. The Morgan fingerprint density at radius 1 is 1.31 bits per heavy atom. The molecule has 1 aliphatic heterocycles. The molecule has 3 rings (SSSR count). The maximum absolute atomic E-state index is 5.84. The highest BCUT2D eigenvalue weighted by atomic mass is 32.2. The van der Waals surface area contributed by atoms with Gasteiger partial charge < -0.3 is 10.3 Å². The summed E-state index contributed by atoms with van der Waals surface area (Å²) in [6.45, 7) is 1.59. The fourth-order valence-corrected chi connectivity index (χ4v) is 3.04. The highest BCUT2D eigenvalue weighted by molar-refractivity contribution is 7.99. The molecule has 0 spiro atoms. The number of hydrogen-bond acceptors (Lipinski definition) is 3. The first-order valence-electron chi connectivity index (χ1n) is 5.38. The zero-order chi connectivity index (χ0) is 11.0. The summed E-state index contributed by atoms with van der Waals surface area (Å²) in [6.07, 6.45) is 0. The third-order valence-electron chi connectivity index (χ3n) is 2.82. The molecule has 4 heteroatoms. The molecule has 0 fully saturated rings. The Bertz CT molecular complexity index is 504. The summed E-state index contributed by atoms with van der Waals surface area (Å²) >= 11 is 1.81. The zero-order valence-electron chi connectivity index (χ0n) is 8.89. The lowest BCUT2D eigenvalue weighted by molar-refractivity contribution is 0.678. The third kappa shape index (κ3) is 1.45. The van der Waals surface area contributed by atoms with Crippen LogP contribution in [-0.4, -0.2) is 15.3 Å². The van der Waals surface area contributed by atoms with Crippen LogP contribution in [0.2, 0.25) is 0 Å². The van der Waals surface area contributed by atoms with Gasteiger partial charge in [0, 0.05) is 24.4 Å². The van der Waals surface area contributed by atoms with Crippen molar-refractivity contribution in [3.8, 4) is 11.3 Å². The maximum atomic E-state index is 5.84. The monoisotopic (exact) mass is 231 g/mol. The molecule has 0 saturated carbocycles.